The summed E-state index contributed by atoms with van der Waals surface area (Å²) >= 11 is 0. The molecular weight excluding hydrogens is 388 g/mol. The zero-order valence-corrected chi connectivity index (χ0v) is 16.6. The molecule has 1 unspecified atom stereocenters. The summed E-state index contributed by atoms with van der Waals surface area (Å²) in [5.41, 5.74) is 5.24. The number of carbonyl (C=O) groups excluding carboxylic acids is 2. The van der Waals surface area contributed by atoms with Crippen LogP contribution in [0.2, 0.25) is 0 Å². The number of hydrogen-bond donors (Lipinski definition) is 2. The minimum atomic E-state index is -1.06. The van der Waals surface area contributed by atoms with Crippen molar-refractivity contribution in [1.82, 2.24) is 20.0 Å². The molecule has 0 aliphatic carbocycles. The molecule has 0 spiro atoms. The lowest BCUT2D eigenvalue weighted by Gasteiger charge is -2.56. The summed E-state index contributed by atoms with van der Waals surface area (Å²) in [6, 6.07) is 9.66. The average molecular weight is 412 g/mol. The molecule has 158 valence electrons. The van der Waals surface area contributed by atoms with Crippen LogP contribution in [0.5, 0.6) is 0 Å². The van der Waals surface area contributed by atoms with Gasteiger partial charge in [0.1, 0.15) is 5.66 Å². The van der Waals surface area contributed by atoms with Crippen LogP contribution in [0.4, 0.5) is 0 Å². The summed E-state index contributed by atoms with van der Waals surface area (Å²) in [5, 5.41) is 20.1. The molecule has 0 saturated carbocycles. The van der Waals surface area contributed by atoms with Gasteiger partial charge in [-0.15, -0.1) is 5.10 Å². The molecule has 2 aliphatic heterocycles. The first kappa shape index (κ1) is 19.9. The maximum absolute atomic E-state index is 13.1. The molecule has 1 aromatic heterocycles. The highest BCUT2D eigenvalue weighted by Crippen LogP contribution is 2.42. The van der Waals surface area contributed by atoms with E-state index in [2.05, 4.69) is 10.3 Å². The van der Waals surface area contributed by atoms with E-state index in [4.69, 9.17) is 10.5 Å². The Labute approximate surface area is 173 Å². The molecule has 3 heterocycles. The van der Waals surface area contributed by atoms with Crippen LogP contribution in [-0.4, -0.2) is 62.8 Å². The zero-order chi connectivity index (χ0) is 21.3. The van der Waals surface area contributed by atoms with E-state index < -0.39 is 23.2 Å². The minimum absolute atomic E-state index is 0.0907. The van der Waals surface area contributed by atoms with Crippen molar-refractivity contribution in [3.05, 3.63) is 59.7 Å². The number of nitrogens with zero attached hydrogens (tertiary/aromatic N) is 5. The quantitative estimate of drug-likeness (QED) is 0.723. The van der Waals surface area contributed by atoms with E-state index in [1.54, 1.807) is 13.2 Å². The van der Waals surface area contributed by atoms with Gasteiger partial charge in [-0.05, 0) is 23.6 Å². The number of benzene rings is 1. The second kappa shape index (κ2) is 7.79. The highest BCUT2D eigenvalue weighted by molar-refractivity contribution is 6.05. The summed E-state index contributed by atoms with van der Waals surface area (Å²) in [6.07, 6.45) is 4.71. The van der Waals surface area contributed by atoms with Crippen LogP contribution in [0, 0.1) is 5.92 Å². The summed E-state index contributed by atoms with van der Waals surface area (Å²) < 4.78 is 5.56. The van der Waals surface area contributed by atoms with Gasteiger partial charge in [0.15, 0.2) is 5.70 Å². The highest BCUT2D eigenvalue weighted by atomic mass is 16.5. The molecule has 0 radical (unpaired) electrons. The van der Waals surface area contributed by atoms with E-state index in [-0.39, 0.29) is 11.6 Å². The number of hydrogen-bond acceptors (Lipinski definition) is 7. The van der Waals surface area contributed by atoms with Crippen LogP contribution >= 0.6 is 0 Å². The Morgan fingerprint density at radius 3 is 2.60 bits per heavy atom. The molecule has 2 amide bonds. The van der Waals surface area contributed by atoms with Gasteiger partial charge in [-0.25, -0.2) is 5.01 Å². The van der Waals surface area contributed by atoms with E-state index in [1.807, 2.05) is 30.3 Å². The first-order valence-corrected chi connectivity index (χ1v) is 9.76. The van der Waals surface area contributed by atoms with Crippen molar-refractivity contribution < 1.29 is 19.4 Å². The molecule has 3 N–H and O–H groups in total. The van der Waals surface area contributed by atoms with Crippen molar-refractivity contribution in [3.63, 3.8) is 0 Å². The largest absolute Gasteiger partial charge is 0.501 e. The molecule has 1 fully saturated rings. The number of ether oxygens (including phenoxy) is 1. The van der Waals surface area contributed by atoms with E-state index >= 15 is 0 Å². The number of nitrogens with two attached hydrogens (primary N) is 1. The molecule has 30 heavy (non-hydrogen) atoms. The fraction of sp³-hybridized carbons (Fsp3) is 0.400. The maximum Gasteiger partial charge on any atom is 0.292 e. The van der Waals surface area contributed by atoms with Crippen molar-refractivity contribution in [2.24, 2.45) is 11.7 Å². The van der Waals surface area contributed by atoms with Crippen molar-refractivity contribution in [1.29, 1.82) is 0 Å². The molecule has 2 aliphatic rings. The third-order valence-corrected chi connectivity index (χ3v) is 5.92. The smallest absolute Gasteiger partial charge is 0.292 e. The number of aliphatic hydroxyl groups is 1. The summed E-state index contributed by atoms with van der Waals surface area (Å²) in [4.78, 5) is 28.4. The molecule has 0 bridgehead atoms. The lowest BCUT2D eigenvalue weighted by Crippen LogP contribution is -2.73. The molecule has 1 aromatic carbocycles. The second-order valence-corrected chi connectivity index (χ2v) is 7.49. The molecule has 2 aromatic rings. The standard InChI is InChI=1S/C20H24N6O4/c1-24-19(29)17(27)16(18(21)28)26(25-10-9-22-23-25)20(24,15-7-11-30-12-8-15)13-14-5-3-2-4-6-14/h2-6,9-10,15,27H,7-8,11-13H2,1H3,(H2,21,28). The predicted molar refractivity (Wildman–Crippen MR) is 106 cm³/mol. The Morgan fingerprint density at radius 2 is 2.00 bits per heavy atom. The zero-order valence-electron chi connectivity index (χ0n) is 16.6. The van der Waals surface area contributed by atoms with Gasteiger partial charge in [-0.3, -0.25) is 9.59 Å². The van der Waals surface area contributed by atoms with Gasteiger partial charge in [0, 0.05) is 32.6 Å². The SMILES string of the molecule is CN1C(=O)C(O)=C(C(N)=O)N(n2ccnn2)C1(Cc1ccccc1)C1CCOCC1. The fourth-order valence-corrected chi connectivity index (χ4v) is 4.52. The summed E-state index contributed by atoms with van der Waals surface area (Å²) in [7, 11) is 1.62. The third kappa shape index (κ3) is 3.09. The van der Waals surface area contributed by atoms with Gasteiger partial charge >= 0.3 is 0 Å². The number of primary amides is 1. The Kier molecular flexibility index (Phi) is 5.17. The number of likely N-dealkylation sites (N-methyl/N-ethyl adjacent to an activating group) is 1. The van der Waals surface area contributed by atoms with Gasteiger partial charge < -0.3 is 20.5 Å². The van der Waals surface area contributed by atoms with Gasteiger partial charge in [0.25, 0.3) is 11.8 Å². The van der Waals surface area contributed by atoms with Crippen LogP contribution in [0.25, 0.3) is 0 Å². The Balaban J connectivity index is 1.98. The maximum atomic E-state index is 13.1. The van der Waals surface area contributed by atoms with E-state index in [0.29, 0.717) is 32.5 Å². The predicted octanol–water partition coefficient (Wildman–Crippen LogP) is 0.309. The molecular formula is C20H24N6O4. The number of carbonyl (C=O) groups is 2. The Hall–Kier alpha value is -3.40. The normalized spacial score (nSPS) is 23.2. The minimum Gasteiger partial charge on any atom is -0.501 e. The lowest BCUT2D eigenvalue weighted by atomic mass is 9.78. The molecule has 10 nitrogen and oxygen atoms in total. The average Bonchev–Trinajstić information content (AvgIpc) is 3.29. The van der Waals surface area contributed by atoms with Crippen LogP contribution in [-0.2, 0) is 20.7 Å². The highest BCUT2D eigenvalue weighted by Gasteiger charge is 2.57. The first-order valence-electron chi connectivity index (χ1n) is 9.76. The summed E-state index contributed by atoms with van der Waals surface area (Å²) in [5.74, 6) is -2.39. The van der Waals surface area contributed by atoms with Crippen LogP contribution in [0.15, 0.2) is 54.2 Å². The fourth-order valence-electron chi connectivity index (χ4n) is 4.52. The van der Waals surface area contributed by atoms with Gasteiger partial charge in [-0.1, -0.05) is 30.3 Å². The van der Waals surface area contributed by atoms with E-state index in [9.17, 15) is 14.7 Å². The Bertz CT molecular complexity index is 955. The number of rotatable bonds is 5. The molecule has 10 heteroatoms. The van der Waals surface area contributed by atoms with E-state index in [1.165, 1.54) is 20.9 Å². The van der Waals surface area contributed by atoms with Crippen LogP contribution in [0.3, 0.4) is 0 Å². The van der Waals surface area contributed by atoms with Gasteiger partial charge in [0.05, 0.1) is 12.4 Å². The summed E-state index contributed by atoms with van der Waals surface area (Å²) in [6.45, 7) is 1.05. The number of aliphatic hydroxyl groups excluding tert-OH is 1. The first-order chi connectivity index (χ1) is 14.5. The third-order valence-electron chi connectivity index (χ3n) is 5.92. The van der Waals surface area contributed by atoms with Crippen molar-refractivity contribution in [2.75, 3.05) is 25.3 Å². The van der Waals surface area contributed by atoms with Gasteiger partial charge in [0.2, 0.25) is 5.76 Å². The lowest BCUT2D eigenvalue weighted by molar-refractivity contribution is -0.144. The monoisotopic (exact) mass is 412 g/mol. The number of amides is 2. The van der Waals surface area contributed by atoms with Crippen molar-refractivity contribution in [3.8, 4) is 0 Å². The topological polar surface area (TPSA) is 127 Å². The second-order valence-electron chi connectivity index (χ2n) is 7.49. The van der Waals surface area contributed by atoms with Gasteiger partial charge in [-0.2, -0.15) is 4.79 Å². The van der Waals surface area contributed by atoms with Crippen LogP contribution < -0.4 is 10.7 Å². The van der Waals surface area contributed by atoms with Crippen molar-refractivity contribution in [2.45, 2.75) is 24.9 Å². The molecule has 1 atom stereocenters. The molecule has 1 saturated heterocycles. The number of aromatic nitrogens is 3. The van der Waals surface area contributed by atoms with Crippen molar-refractivity contribution >= 4 is 11.8 Å². The van der Waals surface area contributed by atoms with Crippen LogP contribution in [0.1, 0.15) is 18.4 Å². The molecule has 4 rings (SSSR count). The van der Waals surface area contributed by atoms with E-state index in [0.717, 1.165) is 5.56 Å². The Morgan fingerprint density at radius 1 is 1.30 bits per heavy atom.